The van der Waals surface area contributed by atoms with Gasteiger partial charge < -0.3 is 10.3 Å². The molecule has 0 fully saturated rings. The lowest BCUT2D eigenvalue weighted by Crippen LogP contribution is -2.23. The molecule has 0 spiro atoms. The Bertz CT molecular complexity index is 1200. The van der Waals surface area contributed by atoms with Crippen molar-refractivity contribution in [1.29, 1.82) is 0 Å². The lowest BCUT2D eigenvalue weighted by molar-refractivity contribution is 0.361. The molecule has 0 amide bonds. The number of alkyl halides is 1. The Morgan fingerprint density at radius 3 is 2.81 bits per heavy atom. The molecule has 3 heterocycles. The van der Waals surface area contributed by atoms with Crippen molar-refractivity contribution in [3.63, 3.8) is 0 Å². The van der Waals surface area contributed by atoms with Crippen LogP contribution in [-0.4, -0.2) is 31.1 Å². The summed E-state index contributed by atoms with van der Waals surface area (Å²) in [6, 6.07) is 10.4. The van der Waals surface area contributed by atoms with Crippen LogP contribution >= 0.6 is 0 Å². The van der Waals surface area contributed by atoms with Crippen LogP contribution in [0.5, 0.6) is 0 Å². The Labute approximate surface area is 151 Å². The average Bonchev–Trinajstić information content (AvgIpc) is 3.15. The Morgan fingerprint density at radius 1 is 1.22 bits per heavy atom. The fourth-order valence-electron chi connectivity index (χ4n) is 2.76. The molecule has 0 saturated carbocycles. The van der Waals surface area contributed by atoms with Crippen LogP contribution in [0, 0.1) is 0 Å². The van der Waals surface area contributed by atoms with Crippen LogP contribution in [0.1, 0.15) is 11.7 Å². The van der Waals surface area contributed by atoms with Crippen molar-refractivity contribution >= 4 is 11.3 Å². The van der Waals surface area contributed by atoms with E-state index in [-0.39, 0.29) is 12.1 Å². The van der Waals surface area contributed by atoms with Crippen molar-refractivity contribution in [2.75, 3.05) is 11.9 Å². The van der Waals surface area contributed by atoms with E-state index in [2.05, 4.69) is 25.4 Å². The van der Waals surface area contributed by atoms with Crippen molar-refractivity contribution in [3.05, 3.63) is 81.4 Å². The second kappa shape index (κ2) is 6.87. The number of halogens is 1. The molecule has 4 aromatic rings. The first-order chi connectivity index (χ1) is 13.1. The molecule has 0 saturated heterocycles. The molecule has 0 radical (unpaired) electrons. The van der Waals surface area contributed by atoms with E-state index in [0.29, 0.717) is 22.6 Å². The van der Waals surface area contributed by atoms with E-state index >= 15 is 0 Å². The normalized spacial score (nSPS) is 12.2. The number of nitrogens with one attached hydrogen (secondary N) is 3. The predicted molar refractivity (Wildman–Crippen MR) is 98.4 cm³/mol. The van der Waals surface area contributed by atoms with Gasteiger partial charge in [0.15, 0.2) is 5.65 Å². The van der Waals surface area contributed by atoms with Gasteiger partial charge in [0, 0.05) is 18.6 Å². The first-order valence-electron chi connectivity index (χ1n) is 8.21. The highest BCUT2D eigenvalue weighted by molar-refractivity contribution is 5.73. The third kappa shape index (κ3) is 3.34. The number of hydrogen-bond acceptors (Lipinski definition) is 5. The minimum Gasteiger partial charge on any atom is -0.379 e. The number of nitrogens with zero attached hydrogens (tertiary/aromatic N) is 3. The molecule has 1 atom stereocenters. The first kappa shape index (κ1) is 16.7. The van der Waals surface area contributed by atoms with Gasteiger partial charge in [0.2, 0.25) is 0 Å². The van der Waals surface area contributed by atoms with Crippen LogP contribution in [0.15, 0.2) is 64.6 Å². The number of anilines is 1. The van der Waals surface area contributed by atoms with Crippen molar-refractivity contribution in [2.24, 2.45) is 0 Å². The van der Waals surface area contributed by atoms with Crippen LogP contribution < -0.4 is 16.6 Å². The minimum absolute atomic E-state index is 0.0258. The minimum atomic E-state index is -1.21. The lowest BCUT2D eigenvalue weighted by atomic mass is 10.1. The molecule has 27 heavy (non-hydrogen) atoms. The van der Waals surface area contributed by atoms with Gasteiger partial charge in [0.25, 0.3) is 5.56 Å². The molecule has 136 valence electrons. The lowest BCUT2D eigenvalue weighted by Gasteiger charge is -2.13. The van der Waals surface area contributed by atoms with Gasteiger partial charge in [-0.2, -0.15) is 5.10 Å². The third-order valence-corrected chi connectivity index (χ3v) is 4.09. The molecule has 3 N–H and O–H groups in total. The summed E-state index contributed by atoms with van der Waals surface area (Å²) >= 11 is 0. The number of aromatic amines is 2. The SMILES string of the molecule is O=c1[nH]cc(-c2cc(NC[C@@H](F)c3ccccc3)c3nccn3n2)c(=O)[nH]1. The summed E-state index contributed by atoms with van der Waals surface area (Å²) in [4.78, 5) is 32.1. The van der Waals surface area contributed by atoms with Gasteiger partial charge >= 0.3 is 5.69 Å². The number of rotatable bonds is 5. The number of fused-ring (bicyclic) bond motifs is 1. The maximum atomic E-state index is 14.5. The Hall–Kier alpha value is -3.75. The Morgan fingerprint density at radius 2 is 2.04 bits per heavy atom. The van der Waals surface area contributed by atoms with Gasteiger partial charge in [-0.3, -0.25) is 9.78 Å². The van der Waals surface area contributed by atoms with Crippen LogP contribution in [0.25, 0.3) is 16.9 Å². The fourth-order valence-corrected chi connectivity index (χ4v) is 2.76. The summed E-state index contributed by atoms with van der Waals surface area (Å²) in [7, 11) is 0. The summed E-state index contributed by atoms with van der Waals surface area (Å²) in [6.45, 7) is 0.0258. The maximum Gasteiger partial charge on any atom is 0.325 e. The van der Waals surface area contributed by atoms with E-state index < -0.39 is 17.4 Å². The Kier molecular flexibility index (Phi) is 4.25. The molecule has 0 aliphatic carbocycles. The highest BCUT2D eigenvalue weighted by Gasteiger charge is 2.14. The molecular formula is C18H15FN6O2. The van der Waals surface area contributed by atoms with Crippen LogP contribution in [0.3, 0.4) is 0 Å². The smallest absolute Gasteiger partial charge is 0.325 e. The van der Waals surface area contributed by atoms with Crippen LogP contribution in [0.2, 0.25) is 0 Å². The molecule has 3 aromatic heterocycles. The summed E-state index contributed by atoms with van der Waals surface area (Å²) < 4.78 is 16.0. The van der Waals surface area contributed by atoms with Crippen LogP contribution in [-0.2, 0) is 0 Å². The predicted octanol–water partition coefficient (Wildman–Crippen LogP) is 1.90. The van der Waals surface area contributed by atoms with Crippen molar-refractivity contribution in [2.45, 2.75) is 6.17 Å². The van der Waals surface area contributed by atoms with Gasteiger partial charge in [-0.05, 0) is 11.6 Å². The molecule has 1 aromatic carbocycles. The molecule has 8 nitrogen and oxygen atoms in total. The van der Waals surface area contributed by atoms with E-state index in [1.807, 2.05) is 6.07 Å². The van der Waals surface area contributed by atoms with Gasteiger partial charge in [-0.15, -0.1) is 0 Å². The summed E-state index contributed by atoms with van der Waals surface area (Å²) in [5.41, 5.74) is 0.923. The quantitative estimate of drug-likeness (QED) is 0.500. The number of aromatic nitrogens is 5. The molecular weight excluding hydrogens is 351 g/mol. The van der Waals surface area contributed by atoms with Gasteiger partial charge in [0.05, 0.1) is 17.8 Å². The molecule has 0 aliphatic rings. The number of hydrogen-bond donors (Lipinski definition) is 3. The zero-order chi connectivity index (χ0) is 18.8. The molecule has 0 bridgehead atoms. The fraction of sp³-hybridized carbons (Fsp3) is 0.111. The summed E-state index contributed by atoms with van der Waals surface area (Å²) in [6.07, 6.45) is 3.25. The molecule has 0 aliphatic heterocycles. The van der Waals surface area contributed by atoms with Crippen molar-refractivity contribution < 1.29 is 4.39 Å². The summed E-state index contributed by atoms with van der Waals surface area (Å²) in [5, 5.41) is 7.35. The second-order valence-electron chi connectivity index (χ2n) is 5.88. The number of H-pyrrole nitrogens is 2. The zero-order valence-electron chi connectivity index (χ0n) is 14.0. The highest BCUT2D eigenvalue weighted by atomic mass is 19.1. The largest absolute Gasteiger partial charge is 0.379 e. The van der Waals surface area contributed by atoms with E-state index in [9.17, 15) is 14.0 Å². The maximum absolute atomic E-state index is 14.5. The van der Waals surface area contributed by atoms with Gasteiger partial charge in [-0.25, -0.2) is 18.7 Å². The standard InChI is InChI=1S/C18H15FN6O2/c19-13(11-4-2-1-3-5-11)10-21-15-8-14(24-25-7-6-20-16(15)25)12-9-22-18(27)23-17(12)26/h1-9,13,21H,10H2,(H2,22,23,26,27)/t13-/m1/s1. The topological polar surface area (TPSA) is 108 Å². The third-order valence-electron chi connectivity index (χ3n) is 4.09. The van der Waals surface area contributed by atoms with Crippen molar-refractivity contribution in [1.82, 2.24) is 24.6 Å². The van der Waals surface area contributed by atoms with E-state index in [1.165, 1.54) is 10.7 Å². The average molecular weight is 366 g/mol. The number of imidazole rings is 1. The molecule has 0 unspecified atom stereocenters. The summed E-state index contributed by atoms with van der Waals surface area (Å²) in [5.74, 6) is 0. The molecule has 4 rings (SSSR count). The van der Waals surface area contributed by atoms with Gasteiger partial charge in [0.1, 0.15) is 11.9 Å². The Balaban J connectivity index is 1.69. The highest BCUT2D eigenvalue weighted by Crippen LogP contribution is 2.23. The van der Waals surface area contributed by atoms with Gasteiger partial charge in [-0.1, -0.05) is 30.3 Å². The first-order valence-corrected chi connectivity index (χ1v) is 8.21. The number of benzene rings is 1. The molecule has 9 heteroatoms. The van der Waals surface area contributed by atoms with Crippen molar-refractivity contribution in [3.8, 4) is 11.3 Å². The van der Waals surface area contributed by atoms with E-state index in [1.54, 1.807) is 42.7 Å². The second-order valence-corrected chi connectivity index (χ2v) is 5.88. The van der Waals surface area contributed by atoms with E-state index in [4.69, 9.17) is 0 Å². The zero-order valence-corrected chi connectivity index (χ0v) is 14.0. The van der Waals surface area contributed by atoms with Crippen LogP contribution in [0.4, 0.5) is 10.1 Å². The monoisotopic (exact) mass is 366 g/mol. The van der Waals surface area contributed by atoms with E-state index in [0.717, 1.165) is 0 Å².